The van der Waals surface area contributed by atoms with Crippen LogP contribution in [0.15, 0.2) is 34.3 Å². The molecule has 0 spiro atoms. The molecule has 2 rings (SSSR count). The van der Waals surface area contributed by atoms with Crippen molar-refractivity contribution in [2.75, 3.05) is 0 Å². The molecule has 0 fully saturated rings. The standard InChI is InChI=1S/C13H11BrO2/c1-7(2)10-11(14)13(16)9-6-4-3-5-8(9)12(10)15/h3-7H,1-2H3. The third-order valence-corrected chi connectivity index (χ3v) is 3.46. The van der Waals surface area contributed by atoms with E-state index < -0.39 is 0 Å². The molecule has 1 aromatic carbocycles. The van der Waals surface area contributed by atoms with Gasteiger partial charge in [0.15, 0.2) is 5.78 Å². The highest BCUT2D eigenvalue weighted by Gasteiger charge is 2.31. The van der Waals surface area contributed by atoms with Gasteiger partial charge in [0.25, 0.3) is 0 Å². The lowest BCUT2D eigenvalue weighted by atomic mass is 9.85. The monoisotopic (exact) mass is 278 g/mol. The van der Waals surface area contributed by atoms with E-state index in [0.717, 1.165) is 0 Å². The van der Waals surface area contributed by atoms with Gasteiger partial charge in [0.05, 0.1) is 4.48 Å². The SMILES string of the molecule is CC(C)C1=C(Br)C(=O)c2ccccc2C1=O. The molecular weight excluding hydrogens is 268 g/mol. The van der Waals surface area contributed by atoms with E-state index >= 15 is 0 Å². The van der Waals surface area contributed by atoms with Gasteiger partial charge in [-0.1, -0.05) is 38.1 Å². The average Bonchev–Trinajstić information content (AvgIpc) is 2.26. The number of hydrogen-bond acceptors (Lipinski definition) is 2. The Morgan fingerprint density at radius 2 is 1.50 bits per heavy atom. The van der Waals surface area contributed by atoms with Crippen LogP contribution in [0.3, 0.4) is 0 Å². The highest BCUT2D eigenvalue weighted by atomic mass is 79.9. The molecule has 0 amide bonds. The highest BCUT2D eigenvalue weighted by molar-refractivity contribution is 9.12. The van der Waals surface area contributed by atoms with E-state index in [-0.39, 0.29) is 17.5 Å². The van der Waals surface area contributed by atoms with Gasteiger partial charge in [-0.05, 0) is 21.8 Å². The summed E-state index contributed by atoms with van der Waals surface area (Å²) in [6, 6.07) is 6.94. The predicted octanol–water partition coefficient (Wildman–Crippen LogP) is 3.37. The number of carbonyl (C=O) groups excluding carboxylic acids is 2. The number of benzene rings is 1. The molecule has 0 aliphatic heterocycles. The molecule has 2 nitrogen and oxygen atoms in total. The molecule has 0 saturated carbocycles. The smallest absolute Gasteiger partial charge is 0.201 e. The van der Waals surface area contributed by atoms with Crippen molar-refractivity contribution in [3.05, 3.63) is 45.4 Å². The van der Waals surface area contributed by atoms with Gasteiger partial charge in [-0.25, -0.2) is 0 Å². The lowest BCUT2D eigenvalue weighted by Crippen LogP contribution is -2.22. The number of carbonyl (C=O) groups is 2. The molecule has 0 bridgehead atoms. The van der Waals surface area contributed by atoms with Crippen molar-refractivity contribution in [2.24, 2.45) is 5.92 Å². The van der Waals surface area contributed by atoms with Gasteiger partial charge in [0.1, 0.15) is 0 Å². The predicted molar refractivity (Wildman–Crippen MR) is 65.9 cm³/mol. The second-order valence-corrected chi connectivity index (χ2v) is 4.88. The van der Waals surface area contributed by atoms with Gasteiger partial charge < -0.3 is 0 Å². The van der Waals surface area contributed by atoms with Crippen LogP contribution in [0.25, 0.3) is 0 Å². The maximum Gasteiger partial charge on any atom is 0.201 e. The second kappa shape index (κ2) is 3.98. The molecular formula is C13H11BrO2. The van der Waals surface area contributed by atoms with Crippen LogP contribution in [-0.2, 0) is 0 Å². The van der Waals surface area contributed by atoms with Crippen LogP contribution in [0.1, 0.15) is 34.6 Å². The maximum absolute atomic E-state index is 12.2. The molecule has 0 unspecified atom stereocenters. The summed E-state index contributed by atoms with van der Waals surface area (Å²) in [6.07, 6.45) is 0. The van der Waals surface area contributed by atoms with Crippen LogP contribution in [0.2, 0.25) is 0 Å². The lowest BCUT2D eigenvalue weighted by molar-refractivity contribution is 0.0974. The Labute approximate surface area is 102 Å². The van der Waals surface area contributed by atoms with E-state index in [1.807, 2.05) is 13.8 Å². The summed E-state index contributed by atoms with van der Waals surface area (Å²) in [5.41, 5.74) is 1.58. The Morgan fingerprint density at radius 1 is 1.00 bits per heavy atom. The summed E-state index contributed by atoms with van der Waals surface area (Å²) in [5.74, 6) is -0.102. The van der Waals surface area contributed by atoms with E-state index in [9.17, 15) is 9.59 Å². The van der Waals surface area contributed by atoms with Gasteiger partial charge in [0.2, 0.25) is 5.78 Å². The molecule has 82 valence electrons. The highest BCUT2D eigenvalue weighted by Crippen LogP contribution is 2.32. The van der Waals surface area contributed by atoms with E-state index in [0.29, 0.717) is 21.2 Å². The minimum Gasteiger partial charge on any atom is -0.289 e. The van der Waals surface area contributed by atoms with Gasteiger partial charge in [-0.2, -0.15) is 0 Å². The molecule has 0 heterocycles. The van der Waals surface area contributed by atoms with E-state index in [1.54, 1.807) is 24.3 Å². The summed E-state index contributed by atoms with van der Waals surface area (Å²) >= 11 is 3.24. The normalized spacial score (nSPS) is 15.8. The third kappa shape index (κ3) is 1.55. The van der Waals surface area contributed by atoms with Crippen LogP contribution < -0.4 is 0 Å². The number of ketones is 2. The first-order valence-electron chi connectivity index (χ1n) is 5.12. The molecule has 1 aromatic rings. The molecule has 16 heavy (non-hydrogen) atoms. The van der Waals surface area contributed by atoms with Crippen LogP contribution in [0.5, 0.6) is 0 Å². The van der Waals surface area contributed by atoms with E-state index in [4.69, 9.17) is 0 Å². The number of hydrogen-bond donors (Lipinski definition) is 0. The average molecular weight is 279 g/mol. The first-order chi connectivity index (χ1) is 7.54. The quantitative estimate of drug-likeness (QED) is 0.789. The lowest BCUT2D eigenvalue weighted by Gasteiger charge is -2.19. The summed E-state index contributed by atoms with van der Waals surface area (Å²) in [4.78, 5) is 24.2. The molecule has 1 aliphatic rings. The first-order valence-corrected chi connectivity index (χ1v) is 5.91. The molecule has 3 heteroatoms. The zero-order valence-electron chi connectivity index (χ0n) is 9.08. The van der Waals surface area contributed by atoms with Crippen LogP contribution in [0, 0.1) is 5.92 Å². The second-order valence-electron chi connectivity index (χ2n) is 4.09. The summed E-state index contributed by atoms with van der Waals surface area (Å²) in [5, 5.41) is 0. The van der Waals surface area contributed by atoms with Gasteiger partial charge in [-0.3, -0.25) is 9.59 Å². The van der Waals surface area contributed by atoms with Crippen LogP contribution >= 0.6 is 15.9 Å². The van der Waals surface area contributed by atoms with Gasteiger partial charge in [0, 0.05) is 16.7 Å². The Hall–Kier alpha value is -1.22. The third-order valence-electron chi connectivity index (χ3n) is 2.67. The largest absolute Gasteiger partial charge is 0.289 e. The first kappa shape index (κ1) is 11.3. The minimum atomic E-state index is -0.0982. The van der Waals surface area contributed by atoms with Gasteiger partial charge in [-0.15, -0.1) is 0 Å². The Balaban J connectivity index is 2.68. The van der Waals surface area contributed by atoms with Crippen molar-refractivity contribution in [3.8, 4) is 0 Å². The van der Waals surface area contributed by atoms with Crippen molar-refractivity contribution >= 4 is 27.5 Å². The molecule has 0 N–H and O–H groups in total. The molecule has 0 radical (unpaired) electrons. The van der Waals surface area contributed by atoms with Crippen LogP contribution in [-0.4, -0.2) is 11.6 Å². The van der Waals surface area contributed by atoms with Gasteiger partial charge >= 0.3 is 0 Å². The summed E-state index contributed by atoms with van der Waals surface area (Å²) < 4.78 is 0.409. The Kier molecular flexibility index (Phi) is 2.80. The number of allylic oxidation sites excluding steroid dienone is 2. The molecule has 1 aliphatic carbocycles. The zero-order chi connectivity index (χ0) is 11.9. The Bertz CT molecular complexity index is 512. The molecule has 0 aromatic heterocycles. The van der Waals surface area contributed by atoms with E-state index in [1.165, 1.54) is 0 Å². The summed E-state index contributed by atoms with van der Waals surface area (Å²) in [6.45, 7) is 3.82. The van der Waals surface area contributed by atoms with Crippen molar-refractivity contribution in [1.29, 1.82) is 0 Å². The molecule has 0 atom stereocenters. The fourth-order valence-electron chi connectivity index (χ4n) is 1.88. The van der Waals surface area contributed by atoms with Crippen LogP contribution in [0.4, 0.5) is 0 Å². The fourth-order valence-corrected chi connectivity index (χ4v) is 2.73. The summed E-state index contributed by atoms with van der Waals surface area (Å²) in [7, 11) is 0. The Morgan fingerprint density at radius 3 is 2.00 bits per heavy atom. The number of halogens is 1. The maximum atomic E-state index is 12.2. The number of rotatable bonds is 1. The number of fused-ring (bicyclic) bond motifs is 1. The van der Waals surface area contributed by atoms with Crippen molar-refractivity contribution in [3.63, 3.8) is 0 Å². The van der Waals surface area contributed by atoms with Crippen molar-refractivity contribution < 1.29 is 9.59 Å². The fraction of sp³-hybridized carbons (Fsp3) is 0.231. The topological polar surface area (TPSA) is 34.1 Å². The zero-order valence-corrected chi connectivity index (χ0v) is 10.7. The minimum absolute atomic E-state index is 0.0409. The van der Waals surface area contributed by atoms with E-state index in [2.05, 4.69) is 15.9 Å². The number of Topliss-reactive ketones (excluding diaryl/α,β-unsaturated/α-hetero) is 2. The van der Waals surface area contributed by atoms with Crippen molar-refractivity contribution in [1.82, 2.24) is 0 Å². The molecule has 0 saturated heterocycles. The van der Waals surface area contributed by atoms with Crippen molar-refractivity contribution in [2.45, 2.75) is 13.8 Å².